The summed E-state index contributed by atoms with van der Waals surface area (Å²) in [6.45, 7) is 5.45. The number of likely N-dealkylation sites (tertiary alicyclic amines) is 1. The van der Waals surface area contributed by atoms with Crippen LogP contribution in [0.15, 0.2) is 0 Å². The fourth-order valence-electron chi connectivity index (χ4n) is 3.19. The van der Waals surface area contributed by atoms with Gasteiger partial charge in [-0.2, -0.15) is 4.31 Å². The lowest BCUT2D eigenvalue weighted by molar-refractivity contribution is -0.141. The number of ether oxygens (including phenoxy) is 1. The zero-order valence-electron chi connectivity index (χ0n) is 15.0. The molecule has 144 valence electrons. The SMILES string of the molecule is CC(=O)OCCCS(=O)(=O)N1CCN(CC(=O)N2CCCCC2)CC1. The highest BCUT2D eigenvalue weighted by Crippen LogP contribution is 2.12. The van der Waals surface area contributed by atoms with Crippen molar-refractivity contribution in [1.82, 2.24) is 14.1 Å². The first-order valence-electron chi connectivity index (χ1n) is 9.00. The van der Waals surface area contributed by atoms with Crippen LogP contribution in [0.3, 0.4) is 0 Å². The highest BCUT2D eigenvalue weighted by Gasteiger charge is 2.28. The molecule has 0 unspecified atom stereocenters. The van der Waals surface area contributed by atoms with E-state index in [-0.39, 0.29) is 18.3 Å². The maximum absolute atomic E-state index is 12.3. The second kappa shape index (κ2) is 9.49. The van der Waals surface area contributed by atoms with Crippen molar-refractivity contribution >= 4 is 21.9 Å². The van der Waals surface area contributed by atoms with Crippen LogP contribution in [0.5, 0.6) is 0 Å². The van der Waals surface area contributed by atoms with E-state index in [0.717, 1.165) is 25.9 Å². The minimum absolute atomic E-state index is 0.0208. The van der Waals surface area contributed by atoms with Crippen LogP contribution in [0.2, 0.25) is 0 Å². The number of esters is 1. The van der Waals surface area contributed by atoms with E-state index < -0.39 is 16.0 Å². The van der Waals surface area contributed by atoms with Crippen LogP contribution >= 0.6 is 0 Å². The first-order valence-corrected chi connectivity index (χ1v) is 10.6. The topological polar surface area (TPSA) is 87.2 Å². The molecule has 0 N–H and O–H groups in total. The van der Waals surface area contributed by atoms with E-state index >= 15 is 0 Å². The molecule has 0 atom stereocenters. The summed E-state index contributed by atoms with van der Waals surface area (Å²) < 4.78 is 30.8. The van der Waals surface area contributed by atoms with E-state index in [4.69, 9.17) is 4.74 Å². The molecule has 0 bridgehead atoms. The monoisotopic (exact) mass is 375 g/mol. The quantitative estimate of drug-likeness (QED) is 0.456. The van der Waals surface area contributed by atoms with Gasteiger partial charge in [0.05, 0.1) is 18.9 Å². The van der Waals surface area contributed by atoms with Crippen LogP contribution in [-0.2, 0) is 24.3 Å². The van der Waals surface area contributed by atoms with Crippen LogP contribution in [0.25, 0.3) is 0 Å². The Balaban J connectivity index is 1.71. The summed E-state index contributed by atoms with van der Waals surface area (Å²) in [4.78, 5) is 26.9. The molecule has 0 aromatic carbocycles. The average molecular weight is 375 g/mol. The smallest absolute Gasteiger partial charge is 0.302 e. The largest absolute Gasteiger partial charge is 0.466 e. The number of nitrogens with zero attached hydrogens (tertiary/aromatic N) is 3. The molecule has 9 heteroatoms. The van der Waals surface area contributed by atoms with Gasteiger partial charge in [-0.05, 0) is 25.7 Å². The Morgan fingerprint density at radius 1 is 0.960 bits per heavy atom. The van der Waals surface area contributed by atoms with Crippen molar-refractivity contribution in [1.29, 1.82) is 0 Å². The number of amides is 1. The van der Waals surface area contributed by atoms with E-state index in [1.54, 1.807) is 0 Å². The fourth-order valence-corrected chi connectivity index (χ4v) is 4.65. The Morgan fingerprint density at radius 2 is 1.60 bits per heavy atom. The predicted molar refractivity (Wildman–Crippen MR) is 93.5 cm³/mol. The van der Waals surface area contributed by atoms with Gasteiger partial charge in [-0.15, -0.1) is 0 Å². The van der Waals surface area contributed by atoms with Crippen LogP contribution in [0.1, 0.15) is 32.6 Å². The standard InChI is InChI=1S/C16H29N3O5S/c1-15(20)24-12-5-13-25(22,23)19-10-8-17(9-11-19)14-16(21)18-6-3-2-4-7-18/h2-14H2,1H3. The van der Waals surface area contributed by atoms with Crippen LogP contribution in [0.4, 0.5) is 0 Å². The van der Waals surface area contributed by atoms with Gasteiger partial charge >= 0.3 is 5.97 Å². The summed E-state index contributed by atoms with van der Waals surface area (Å²) in [6, 6.07) is 0. The zero-order valence-corrected chi connectivity index (χ0v) is 15.8. The number of rotatable bonds is 7. The molecule has 2 aliphatic heterocycles. The molecule has 0 spiro atoms. The molecule has 2 aliphatic rings. The fraction of sp³-hybridized carbons (Fsp3) is 0.875. The Hall–Kier alpha value is -1.19. The first kappa shape index (κ1) is 20.1. The summed E-state index contributed by atoms with van der Waals surface area (Å²) in [7, 11) is -3.33. The maximum Gasteiger partial charge on any atom is 0.302 e. The lowest BCUT2D eigenvalue weighted by Gasteiger charge is -2.35. The van der Waals surface area contributed by atoms with Crippen molar-refractivity contribution in [2.75, 3.05) is 58.2 Å². The van der Waals surface area contributed by atoms with Crippen molar-refractivity contribution in [3.63, 3.8) is 0 Å². The minimum Gasteiger partial charge on any atom is -0.466 e. The van der Waals surface area contributed by atoms with Crippen molar-refractivity contribution in [3.05, 3.63) is 0 Å². The van der Waals surface area contributed by atoms with E-state index in [0.29, 0.717) is 39.1 Å². The van der Waals surface area contributed by atoms with E-state index in [1.165, 1.54) is 17.6 Å². The molecule has 1 amide bonds. The Morgan fingerprint density at radius 3 is 2.20 bits per heavy atom. The summed E-state index contributed by atoms with van der Waals surface area (Å²) in [6.07, 6.45) is 3.64. The first-order chi connectivity index (χ1) is 11.9. The van der Waals surface area contributed by atoms with E-state index in [9.17, 15) is 18.0 Å². The Labute approximate surface area is 150 Å². The van der Waals surface area contributed by atoms with Crippen LogP contribution < -0.4 is 0 Å². The van der Waals surface area contributed by atoms with Gasteiger partial charge in [-0.3, -0.25) is 14.5 Å². The second-order valence-electron chi connectivity index (χ2n) is 6.63. The van der Waals surface area contributed by atoms with Gasteiger partial charge in [-0.25, -0.2) is 8.42 Å². The number of hydrogen-bond acceptors (Lipinski definition) is 6. The van der Waals surface area contributed by atoms with Gasteiger partial charge in [0, 0.05) is 46.2 Å². The highest BCUT2D eigenvalue weighted by molar-refractivity contribution is 7.89. The molecular weight excluding hydrogens is 346 g/mol. The molecule has 8 nitrogen and oxygen atoms in total. The number of hydrogen-bond donors (Lipinski definition) is 0. The van der Waals surface area contributed by atoms with Gasteiger partial charge in [0.25, 0.3) is 0 Å². The van der Waals surface area contributed by atoms with Crippen LogP contribution in [0, 0.1) is 0 Å². The molecule has 2 fully saturated rings. The number of piperazine rings is 1. The lowest BCUT2D eigenvalue weighted by Crippen LogP contribution is -2.52. The van der Waals surface area contributed by atoms with Gasteiger partial charge in [0.2, 0.25) is 15.9 Å². The third kappa shape index (κ3) is 6.56. The Bertz CT molecular complexity index is 552. The second-order valence-corrected chi connectivity index (χ2v) is 8.71. The van der Waals surface area contributed by atoms with Gasteiger partial charge in [0.1, 0.15) is 0 Å². The third-order valence-corrected chi connectivity index (χ3v) is 6.60. The zero-order chi connectivity index (χ0) is 18.3. The Kier molecular flexibility index (Phi) is 7.64. The predicted octanol–water partition coefficient (Wildman–Crippen LogP) is -0.100. The molecule has 0 radical (unpaired) electrons. The highest BCUT2D eigenvalue weighted by atomic mass is 32.2. The summed E-state index contributed by atoms with van der Waals surface area (Å²) in [5.41, 5.74) is 0. The van der Waals surface area contributed by atoms with Crippen molar-refractivity contribution in [2.24, 2.45) is 0 Å². The lowest BCUT2D eigenvalue weighted by atomic mass is 10.1. The number of sulfonamides is 1. The molecule has 2 saturated heterocycles. The number of carbonyl (C=O) groups is 2. The summed E-state index contributed by atoms with van der Waals surface area (Å²) in [5.74, 6) is -0.269. The molecule has 2 heterocycles. The third-order valence-electron chi connectivity index (χ3n) is 4.64. The molecule has 0 aromatic heterocycles. The molecule has 0 saturated carbocycles. The van der Waals surface area contributed by atoms with Gasteiger partial charge in [-0.1, -0.05) is 0 Å². The molecule has 2 rings (SSSR count). The average Bonchev–Trinajstić information content (AvgIpc) is 2.60. The molecule has 25 heavy (non-hydrogen) atoms. The van der Waals surface area contributed by atoms with E-state index in [1.807, 2.05) is 9.80 Å². The van der Waals surface area contributed by atoms with Gasteiger partial charge < -0.3 is 9.64 Å². The summed E-state index contributed by atoms with van der Waals surface area (Å²) >= 11 is 0. The number of piperidine rings is 1. The van der Waals surface area contributed by atoms with Crippen LogP contribution in [-0.4, -0.2) is 92.6 Å². The molecule has 0 aromatic rings. The summed E-state index contributed by atoms with van der Waals surface area (Å²) in [5, 5.41) is 0. The molecule has 0 aliphatic carbocycles. The maximum atomic E-state index is 12.3. The van der Waals surface area contributed by atoms with Gasteiger partial charge in [0.15, 0.2) is 0 Å². The normalized spacial score (nSPS) is 20.4. The number of carbonyl (C=O) groups excluding carboxylic acids is 2. The van der Waals surface area contributed by atoms with Crippen molar-refractivity contribution in [3.8, 4) is 0 Å². The van der Waals surface area contributed by atoms with Crippen molar-refractivity contribution < 1.29 is 22.7 Å². The van der Waals surface area contributed by atoms with Crippen molar-refractivity contribution in [2.45, 2.75) is 32.6 Å². The van der Waals surface area contributed by atoms with E-state index in [2.05, 4.69) is 0 Å². The molecular formula is C16H29N3O5S. The minimum atomic E-state index is -3.33.